The van der Waals surface area contributed by atoms with E-state index < -0.39 is 0 Å². The molecule has 0 aliphatic carbocycles. The van der Waals surface area contributed by atoms with E-state index in [1.54, 1.807) is 19.1 Å². The van der Waals surface area contributed by atoms with Crippen molar-refractivity contribution < 1.29 is 9.13 Å². The van der Waals surface area contributed by atoms with E-state index in [-0.39, 0.29) is 11.9 Å². The summed E-state index contributed by atoms with van der Waals surface area (Å²) in [5.41, 5.74) is 0.640. The minimum Gasteiger partial charge on any atom is -0.490 e. The maximum atomic E-state index is 13.0. The highest BCUT2D eigenvalue weighted by molar-refractivity contribution is 5.29. The fourth-order valence-electron chi connectivity index (χ4n) is 1.80. The number of benzene rings is 1. The zero-order valence-corrected chi connectivity index (χ0v) is 8.92. The van der Waals surface area contributed by atoms with Crippen molar-refractivity contribution in [3.63, 3.8) is 0 Å². The summed E-state index contributed by atoms with van der Waals surface area (Å²) in [7, 11) is 0. The van der Waals surface area contributed by atoms with Gasteiger partial charge in [-0.1, -0.05) is 0 Å². The molecule has 0 atom stereocenters. The third-order valence-electron chi connectivity index (χ3n) is 2.72. The molecular weight excluding hydrogens is 193 g/mol. The van der Waals surface area contributed by atoms with Gasteiger partial charge in [-0.25, -0.2) is 4.39 Å². The van der Waals surface area contributed by atoms with Gasteiger partial charge in [0, 0.05) is 0 Å². The van der Waals surface area contributed by atoms with Crippen molar-refractivity contribution in [2.24, 2.45) is 0 Å². The molecule has 0 unspecified atom stereocenters. The lowest BCUT2D eigenvalue weighted by Crippen LogP contribution is -2.34. The van der Waals surface area contributed by atoms with E-state index in [9.17, 15) is 4.39 Å². The first-order chi connectivity index (χ1) is 7.25. The summed E-state index contributed by atoms with van der Waals surface area (Å²) in [6.07, 6.45) is 2.32. The van der Waals surface area contributed by atoms with Gasteiger partial charge in [-0.15, -0.1) is 0 Å². The first kappa shape index (κ1) is 10.4. The van der Waals surface area contributed by atoms with Gasteiger partial charge in [0.15, 0.2) is 0 Å². The Balaban J connectivity index is 2.00. The fourth-order valence-corrected chi connectivity index (χ4v) is 1.80. The molecule has 1 fully saturated rings. The number of halogens is 1. The van der Waals surface area contributed by atoms with Crippen LogP contribution in [0.4, 0.5) is 4.39 Å². The van der Waals surface area contributed by atoms with Crippen molar-refractivity contribution >= 4 is 0 Å². The molecule has 1 heterocycles. The van der Waals surface area contributed by atoms with Crippen LogP contribution in [0.3, 0.4) is 0 Å². The van der Waals surface area contributed by atoms with Gasteiger partial charge in [0.1, 0.15) is 17.7 Å². The van der Waals surface area contributed by atoms with Gasteiger partial charge in [-0.05, 0) is 56.6 Å². The van der Waals surface area contributed by atoms with Crippen LogP contribution in [-0.4, -0.2) is 19.2 Å². The number of aryl methyl sites for hydroxylation is 1. The number of hydrogen-bond acceptors (Lipinski definition) is 2. The molecule has 0 bridgehead atoms. The van der Waals surface area contributed by atoms with E-state index in [1.165, 1.54) is 6.07 Å². The average molecular weight is 209 g/mol. The van der Waals surface area contributed by atoms with Gasteiger partial charge in [-0.3, -0.25) is 0 Å². The van der Waals surface area contributed by atoms with Gasteiger partial charge < -0.3 is 10.1 Å². The Bertz CT molecular complexity index is 334. The average Bonchev–Trinajstić information content (AvgIpc) is 2.25. The van der Waals surface area contributed by atoms with Crippen molar-refractivity contribution in [3.8, 4) is 5.75 Å². The normalized spacial score (nSPS) is 17.7. The van der Waals surface area contributed by atoms with Crippen LogP contribution >= 0.6 is 0 Å². The zero-order valence-electron chi connectivity index (χ0n) is 8.92. The minimum atomic E-state index is -0.173. The second-order valence-corrected chi connectivity index (χ2v) is 3.98. The predicted octanol–water partition coefficient (Wildman–Crippen LogP) is 2.26. The molecule has 1 aliphatic rings. The summed E-state index contributed by atoms with van der Waals surface area (Å²) in [5, 5.41) is 3.28. The molecule has 1 N–H and O–H groups in total. The van der Waals surface area contributed by atoms with E-state index in [0.717, 1.165) is 31.7 Å². The van der Waals surface area contributed by atoms with Crippen LogP contribution in [0.15, 0.2) is 18.2 Å². The van der Waals surface area contributed by atoms with Gasteiger partial charge in [0.25, 0.3) is 0 Å². The molecule has 0 aromatic heterocycles. The Morgan fingerprint density at radius 3 is 2.73 bits per heavy atom. The summed E-state index contributed by atoms with van der Waals surface area (Å²) in [6.45, 7) is 3.76. The first-order valence-electron chi connectivity index (χ1n) is 5.39. The van der Waals surface area contributed by atoms with Crippen LogP contribution in [-0.2, 0) is 0 Å². The van der Waals surface area contributed by atoms with Crippen molar-refractivity contribution in [1.82, 2.24) is 5.32 Å². The Morgan fingerprint density at radius 1 is 1.33 bits per heavy atom. The quantitative estimate of drug-likeness (QED) is 0.806. The molecule has 1 saturated heterocycles. The van der Waals surface area contributed by atoms with Crippen molar-refractivity contribution in [2.45, 2.75) is 25.9 Å². The lowest BCUT2D eigenvalue weighted by Gasteiger charge is -2.23. The molecule has 0 amide bonds. The first-order valence-corrected chi connectivity index (χ1v) is 5.39. The van der Waals surface area contributed by atoms with Gasteiger partial charge in [-0.2, -0.15) is 0 Å². The summed E-state index contributed by atoms with van der Waals surface area (Å²) < 4.78 is 18.8. The maximum Gasteiger partial charge on any atom is 0.126 e. The highest BCUT2D eigenvalue weighted by Crippen LogP contribution is 2.19. The van der Waals surface area contributed by atoms with Gasteiger partial charge in [0.2, 0.25) is 0 Å². The minimum absolute atomic E-state index is 0.173. The summed E-state index contributed by atoms with van der Waals surface area (Å²) in [4.78, 5) is 0. The molecule has 1 aromatic carbocycles. The topological polar surface area (TPSA) is 21.3 Å². The highest BCUT2D eigenvalue weighted by atomic mass is 19.1. The largest absolute Gasteiger partial charge is 0.490 e. The molecule has 1 aliphatic heterocycles. The van der Waals surface area contributed by atoms with Crippen molar-refractivity contribution in [3.05, 3.63) is 29.6 Å². The SMILES string of the molecule is Cc1cc(OC2CCNCC2)ccc1F. The van der Waals surface area contributed by atoms with E-state index in [2.05, 4.69) is 5.32 Å². The third kappa shape index (κ3) is 2.69. The summed E-state index contributed by atoms with van der Waals surface area (Å²) in [5.74, 6) is 0.605. The Kier molecular flexibility index (Phi) is 3.21. The molecule has 2 nitrogen and oxygen atoms in total. The Hall–Kier alpha value is -1.09. The Labute approximate surface area is 89.4 Å². The number of ether oxygens (including phenoxy) is 1. The summed E-state index contributed by atoms with van der Waals surface area (Å²) in [6, 6.07) is 4.92. The maximum absolute atomic E-state index is 13.0. The molecule has 3 heteroatoms. The molecule has 2 rings (SSSR count). The molecule has 82 valence electrons. The second-order valence-electron chi connectivity index (χ2n) is 3.98. The van der Waals surface area contributed by atoms with E-state index in [1.807, 2.05) is 0 Å². The third-order valence-corrected chi connectivity index (χ3v) is 2.72. The van der Waals surface area contributed by atoms with Crippen LogP contribution < -0.4 is 10.1 Å². The second kappa shape index (κ2) is 4.62. The molecule has 0 radical (unpaired) electrons. The monoisotopic (exact) mass is 209 g/mol. The number of nitrogens with one attached hydrogen (secondary N) is 1. The van der Waals surface area contributed by atoms with Crippen molar-refractivity contribution in [2.75, 3.05) is 13.1 Å². The van der Waals surface area contributed by atoms with Crippen LogP contribution in [0.25, 0.3) is 0 Å². The smallest absolute Gasteiger partial charge is 0.126 e. The lowest BCUT2D eigenvalue weighted by atomic mass is 10.1. The number of piperidine rings is 1. The van der Waals surface area contributed by atoms with E-state index >= 15 is 0 Å². The molecule has 15 heavy (non-hydrogen) atoms. The van der Waals surface area contributed by atoms with E-state index in [4.69, 9.17) is 4.74 Å². The highest BCUT2D eigenvalue weighted by Gasteiger charge is 2.14. The van der Waals surface area contributed by atoms with Gasteiger partial charge >= 0.3 is 0 Å². The number of rotatable bonds is 2. The van der Waals surface area contributed by atoms with Crippen LogP contribution in [0.1, 0.15) is 18.4 Å². The van der Waals surface area contributed by atoms with Crippen LogP contribution in [0, 0.1) is 12.7 Å². The van der Waals surface area contributed by atoms with Crippen LogP contribution in [0.2, 0.25) is 0 Å². The zero-order chi connectivity index (χ0) is 10.7. The molecule has 1 aromatic rings. The van der Waals surface area contributed by atoms with Gasteiger partial charge in [0.05, 0.1) is 0 Å². The molecular formula is C12H16FNO. The fraction of sp³-hybridized carbons (Fsp3) is 0.500. The van der Waals surface area contributed by atoms with Crippen molar-refractivity contribution in [1.29, 1.82) is 0 Å². The van der Waals surface area contributed by atoms with E-state index in [0.29, 0.717) is 5.56 Å². The Morgan fingerprint density at radius 2 is 2.07 bits per heavy atom. The standard InChI is InChI=1S/C12H16FNO/c1-9-8-11(2-3-12(9)13)15-10-4-6-14-7-5-10/h2-3,8,10,14H,4-7H2,1H3. The number of hydrogen-bond donors (Lipinski definition) is 1. The predicted molar refractivity (Wildman–Crippen MR) is 57.7 cm³/mol. The lowest BCUT2D eigenvalue weighted by molar-refractivity contribution is 0.162. The molecule has 0 saturated carbocycles. The van der Waals surface area contributed by atoms with Crippen LogP contribution in [0.5, 0.6) is 5.75 Å². The molecule has 0 spiro atoms. The summed E-state index contributed by atoms with van der Waals surface area (Å²) >= 11 is 0.